The minimum absolute atomic E-state index is 0.0486. The highest BCUT2D eigenvalue weighted by atomic mass is 16.7. The van der Waals surface area contributed by atoms with E-state index < -0.39 is 0 Å². The van der Waals surface area contributed by atoms with Gasteiger partial charge in [0.25, 0.3) is 0 Å². The van der Waals surface area contributed by atoms with Crippen molar-refractivity contribution in [1.29, 1.82) is 0 Å². The molecule has 0 bridgehead atoms. The molecule has 1 fully saturated rings. The normalized spacial score (nSPS) is 21.7. The first-order valence-electron chi connectivity index (χ1n) is 7.37. The van der Waals surface area contributed by atoms with Crippen LogP contribution in [0.2, 0.25) is 0 Å². The van der Waals surface area contributed by atoms with E-state index in [2.05, 4.69) is 11.8 Å². The molecule has 1 saturated heterocycles. The lowest BCUT2D eigenvalue weighted by atomic mass is 10.1. The summed E-state index contributed by atoms with van der Waals surface area (Å²) in [5.41, 5.74) is 0. The molecule has 1 aliphatic rings. The monoisotopic (exact) mass is 259 g/mol. The van der Waals surface area contributed by atoms with Crippen LogP contribution < -0.4 is 0 Å². The van der Waals surface area contributed by atoms with E-state index in [9.17, 15) is 0 Å². The maximum Gasteiger partial charge on any atom is 0.158 e. The van der Waals surface area contributed by atoms with E-state index in [0.717, 1.165) is 26.1 Å². The molecule has 4 nitrogen and oxygen atoms in total. The van der Waals surface area contributed by atoms with E-state index in [-0.39, 0.29) is 6.29 Å². The highest BCUT2D eigenvalue weighted by Gasteiger charge is 2.20. The van der Waals surface area contributed by atoms with Gasteiger partial charge in [-0.2, -0.15) is 0 Å². The van der Waals surface area contributed by atoms with E-state index in [1.54, 1.807) is 0 Å². The van der Waals surface area contributed by atoms with Crippen LogP contribution >= 0.6 is 0 Å². The summed E-state index contributed by atoms with van der Waals surface area (Å²) in [6.45, 7) is 11.6. The average molecular weight is 259 g/mol. The molecule has 0 spiro atoms. The van der Waals surface area contributed by atoms with Crippen LogP contribution in [-0.4, -0.2) is 56.7 Å². The third-order valence-corrected chi connectivity index (χ3v) is 3.25. The van der Waals surface area contributed by atoms with Crippen molar-refractivity contribution in [2.45, 2.75) is 52.4 Å². The molecule has 0 amide bonds. The third-order valence-electron chi connectivity index (χ3n) is 3.25. The zero-order valence-electron chi connectivity index (χ0n) is 12.2. The molecular weight excluding hydrogens is 230 g/mol. The first kappa shape index (κ1) is 15.9. The molecule has 0 aromatic rings. The second kappa shape index (κ2) is 9.73. The Kier molecular flexibility index (Phi) is 8.59. The van der Waals surface area contributed by atoms with Gasteiger partial charge in [-0.25, -0.2) is 0 Å². The second-order valence-corrected chi connectivity index (χ2v) is 4.65. The summed E-state index contributed by atoms with van der Waals surface area (Å²) in [5.74, 6) is 0. The molecule has 1 aliphatic heterocycles. The lowest BCUT2D eigenvalue weighted by Crippen LogP contribution is -2.41. The molecule has 0 aliphatic carbocycles. The van der Waals surface area contributed by atoms with E-state index in [4.69, 9.17) is 14.2 Å². The molecule has 0 aromatic heterocycles. The maximum absolute atomic E-state index is 5.71. The molecule has 1 rings (SSSR count). The van der Waals surface area contributed by atoms with Gasteiger partial charge in [-0.1, -0.05) is 0 Å². The SMILES string of the molecule is CCOC1CCCN(CCC(OCC)OCC)C1. The Morgan fingerprint density at radius 2 is 1.83 bits per heavy atom. The van der Waals surface area contributed by atoms with Gasteiger partial charge in [0.05, 0.1) is 6.10 Å². The van der Waals surface area contributed by atoms with Crippen molar-refractivity contribution in [1.82, 2.24) is 4.90 Å². The van der Waals surface area contributed by atoms with Crippen molar-refractivity contribution >= 4 is 0 Å². The number of hydrogen-bond donors (Lipinski definition) is 0. The van der Waals surface area contributed by atoms with Gasteiger partial charge in [0, 0.05) is 39.3 Å². The molecule has 0 aromatic carbocycles. The standard InChI is InChI=1S/C14H29NO3/c1-4-16-13-8-7-10-15(12-13)11-9-14(17-5-2)18-6-3/h13-14H,4-12H2,1-3H3. The Hall–Kier alpha value is -0.160. The van der Waals surface area contributed by atoms with Crippen molar-refractivity contribution in [3.05, 3.63) is 0 Å². The van der Waals surface area contributed by atoms with E-state index in [1.165, 1.54) is 19.4 Å². The lowest BCUT2D eigenvalue weighted by molar-refractivity contribution is -0.143. The number of likely N-dealkylation sites (tertiary alicyclic amines) is 1. The minimum atomic E-state index is -0.0486. The van der Waals surface area contributed by atoms with Gasteiger partial charge in [-0.05, 0) is 40.2 Å². The number of ether oxygens (including phenoxy) is 3. The van der Waals surface area contributed by atoms with Gasteiger partial charge in [-0.15, -0.1) is 0 Å². The van der Waals surface area contributed by atoms with Crippen molar-refractivity contribution in [2.75, 3.05) is 39.5 Å². The molecule has 108 valence electrons. The van der Waals surface area contributed by atoms with Crippen LogP contribution in [0.15, 0.2) is 0 Å². The Balaban J connectivity index is 2.23. The highest BCUT2D eigenvalue weighted by Crippen LogP contribution is 2.14. The summed E-state index contributed by atoms with van der Waals surface area (Å²) < 4.78 is 16.8. The fourth-order valence-corrected chi connectivity index (χ4v) is 2.46. The number of rotatable bonds is 9. The summed E-state index contributed by atoms with van der Waals surface area (Å²) >= 11 is 0. The largest absolute Gasteiger partial charge is 0.377 e. The van der Waals surface area contributed by atoms with Crippen LogP contribution in [0.5, 0.6) is 0 Å². The fraction of sp³-hybridized carbons (Fsp3) is 1.00. The third kappa shape index (κ3) is 6.14. The maximum atomic E-state index is 5.71. The zero-order valence-corrected chi connectivity index (χ0v) is 12.2. The first-order chi connectivity index (χ1) is 8.80. The number of nitrogens with zero attached hydrogens (tertiary/aromatic N) is 1. The fourth-order valence-electron chi connectivity index (χ4n) is 2.46. The Morgan fingerprint density at radius 1 is 1.11 bits per heavy atom. The van der Waals surface area contributed by atoms with Crippen molar-refractivity contribution in [3.63, 3.8) is 0 Å². The number of piperidine rings is 1. The molecule has 0 N–H and O–H groups in total. The highest BCUT2D eigenvalue weighted by molar-refractivity contribution is 4.73. The van der Waals surface area contributed by atoms with Crippen molar-refractivity contribution in [2.24, 2.45) is 0 Å². The van der Waals surface area contributed by atoms with Crippen molar-refractivity contribution in [3.8, 4) is 0 Å². The summed E-state index contributed by atoms with van der Waals surface area (Å²) in [6.07, 6.45) is 3.75. The van der Waals surface area contributed by atoms with E-state index in [1.807, 2.05) is 13.8 Å². The predicted octanol–water partition coefficient (Wildman–Crippen LogP) is 2.28. The summed E-state index contributed by atoms with van der Waals surface area (Å²) in [6, 6.07) is 0. The Bertz CT molecular complexity index is 193. The molecule has 1 unspecified atom stereocenters. The van der Waals surface area contributed by atoms with Crippen LogP contribution in [-0.2, 0) is 14.2 Å². The van der Waals surface area contributed by atoms with Gasteiger partial charge in [0.2, 0.25) is 0 Å². The van der Waals surface area contributed by atoms with Crippen LogP contribution in [0, 0.1) is 0 Å². The van der Waals surface area contributed by atoms with Crippen LogP contribution in [0.4, 0.5) is 0 Å². The smallest absolute Gasteiger partial charge is 0.158 e. The lowest BCUT2D eigenvalue weighted by Gasteiger charge is -2.33. The quantitative estimate of drug-likeness (QED) is 0.594. The van der Waals surface area contributed by atoms with Gasteiger partial charge in [0.1, 0.15) is 0 Å². The van der Waals surface area contributed by atoms with Crippen molar-refractivity contribution < 1.29 is 14.2 Å². The number of hydrogen-bond acceptors (Lipinski definition) is 4. The molecule has 1 heterocycles. The molecule has 18 heavy (non-hydrogen) atoms. The van der Waals surface area contributed by atoms with E-state index in [0.29, 0.717) is 19.3 Å². The molecule has 0 saturated carbocycles. The minimum Gasteiger partial charge on any atom is -0.377 e. The Labute approximate surface area is 112 Å². The van der Waals surface area contributed by atoms with Crippen LogP contribution in [0.3, 0.4) is 0 Å². The molecular formula is C14H29NO3. The van der Waals surface area contributed by atoms with Gasteiger partial charge in [-0.3, -0.25) is 0 Å². The van der Waals surface area contributed by atoms with E-state index >= 15 is 0 Å². The topological polar surface area (TPSA) is 30.9 Å². The van der Waals surface area contributed by atoms with Gasteiger partial charge < -0.3 is 19.1 Å². The zero-order chi connectivity index (χ0) is 13.2. The van der Waals surface area contributed by atoms with Crippen LogP contribution in [0.1, 0.15) is 40.0 Å². The first-order valence-corrected chi connectivity index (χ1v) is 7.37. The summed E-state index contributed by atoms with van der Waals surface area (Å²) in [7, 11) is 0. The average Bonchev–Trinajstić information content (AvgIpc) is 2.37. The second-order valence-electron chi connectivity index (χ2n) is 4.65. The van der Waals surface area contributed by atoms with Gasteiger partial charge in [0.15, 0.2) is 6.29 Å². The predicted molar refractivity (Wildman–Crippen MR) is 72.7 cm³/mol. The van der Waals surface area contributed by atoms with Crippen LogP contribution in [0.25, 0.3) is 0 Å². The molecule has 1 atom stereocenters. The Morgan fingerprint density at radius 3 is 2.44 bits per heavy atom. The summed E-state index contributed by atoms with van der Waals surface area (Å²) in [4.78, 5) is 2.47. The molecule has 0 radical (unpaired) electrons. The molecule has 4 heteroatoms. The summed E-state index contributed by atoms with van der Waals surface area (Å²) in [5, 5.41) is 0. The van der Waals surface area contributed by atoms with Gasteiger partial charge >= 0.3 is 0 Å².